The Balaban J connectivity index is 3.47. The molecule has 1 N–H and O–H groups in total. The van der Waals surface area contributed by atoms with Crippen molar-refractivity contribution in [2.75, 3.05) is 0 Å². The van der Waals surface area contributed by atoms with Gasteiger partial charge in [-0.15, -0.1) is 0 Å². The van der Waals surface area contributed by atoms with Gasteiger partial charge in [0.2, 0.25) is 0 Å². The van der Waals surface area contributed by atoms with Crippen molar-refractivity contribution < 1.29 is 18.7 Å². The van der Waals surface area contributed by atoms with Gasteiger partial charge in [-0.3, -0.25) is 4.79 Å². The van der Waals surface area contributed by atoms with Crippen molar-refractivity contribution in [1.82, 2.24) is 0 Å². The minimum Gasteiger partial charge on any atom is -0.378 e. The summed E-state index contributed by atoms with van der Waals surface area (Å²) in [4.78, 5) is 10.4. The molecule has 0 saturated heterocycles. The molecular weight excluding hydrogens is 258 g/mol. The summed E-state index contributed by atoms with van der Waals surface area (Å²) in [6, 6.07) is 2.13. The Morgan fingerprint density at radius 2 is 2.07 bits per heavy atom. The Labute approximate surface area is 87.7 Å². The van der Waals surface area contributed by atoms with Crippen molar-refractivity contribution in [1.29, 1.82) is 0 Å². The van der Waals surface area contributed by atoms with E-state index in [1.54, 1.807) is 0 Å². The number of carbonyl (C=O) groups excluding carboxylic acids is 1. The van der Waals surface area contributed by atoms with Gasteiger partial charge in [0.15, 0.2) is 6.29 Å². The van der Waals surface area contributed by atoms with Crippen LogP contribution in [-0.2, 0) is 10.4 Å². The van der Waals surface area contributed by atoms with Crippen molar-refractivity contribution in [3.63, 3.8) is 0 Å². The van der Waals surface area contributed by atoms with Crippen molar-refractivity contribution >= 4 is 22.2 Å². The SMILES string of the molecule is CC(O)(C=O)c1c(F)ccc(Br)c1F. The normalized spacial score (nSPS) is 14.9. The second kappa shape index (κ2) is 3.74. The first-order valence-electron chi connectivity index (χ1n) is 3.73. The number of hydrogen-bond acceptors (Lipinski definition) is 2. The number of aliphatic hydroxyl groups is 1. The molecule has 5 heteroatoms. The van der Waals surface area contributed by atoms with E-state index >= 15 is 0 Å². The van der Waals surface area contributed by atoms with Crippen LogP contribution in [0.3, 0.4) is 0 Å². The fourth-order valence-corrected chi connectivity index (χ4v) is 1.38. The maximum atomic E-state index is 13.3. The van der Waals surface area contributed by atoms with Crippen LogP contribution in [0.2, 0.25) is 0 Å². The Morgan fingerprint density at radius 1 is 1.50 bits per heavy atom. The van der Waals surface area contributed by atoms with E-state index in [2.05, 4.69) is 15.9 Å². The van der Waals surface area contributed by atoms with Crippen LogP contribution >= 0.6 is 15.9 Å². The molecule has 0 radical (unpaired) electrons. The number of benzene rings is 1. The summed E-state index contributed by atoms with van der Waals surface area (Å²) in [5.74, 6) is -1.93. The fraction of sp³-hybridized carbons (Fsp3) is 0.222. The summed E-state index contributed by atoms with van der Waals surface area (Å²) in [7, 11) is 0. The third kappa shape index (κ3) is 1.83. The van der Waals surface area contributed by atoms with Crippen LogP contribution in [0.25, 0.3) is 0 Å². The molecule has 0 aliphatic rings. The maximum Gasteiger partial charge on any atom is 0.156 e. The Hall–Kier alpha value is -0.810. The molecule has 0 bridgehead atoms. The summed E-state index contributed by atoms with van der Waals surface area (Å²) < 4.78 is 26.5. The van der Waals surface area contributed by atoms with Crippen molar-refractivity contribution in [3.05, 3.63) is 33.8 Å². The number of rotatable bonds is 2. The molecule has 1 rings (SSSR count). The predicted molar refractivity (Wildman–Crippen MR) is 49.7 cm³/mol. The summed E-state index contributed by atoms with van der Waals surface area (Å²) in [5.41, 5.74) is -2.81. The highest BCUT2D eigenvalue weighted by atomic mass is 79.9. The van der Waals surface area contributed by atoms with Crippen molar-refractivity contribution in [2.45, 2.75) is 12.5 Å². The van der Waals surface area contributed by atoms with Gasteiger partial charge < -0.3 is 5.11 Å². The molecule has 0 aliphatic heterocycles. The standard InChI is InChI=1S/C9H7BrF2O2/c1-9(14,4-13)7-6(11)3-2-5(10)8(7)12/h2-4,14H,1H3. The predicted octanol–water partition coefficient (Wildman–Crippen LogP) is 2.13. The van der Waals surface area contributed by atoms with Crippen LogP contribution in [0.15, 0.2) is 16.6 Å². The lowest BCUT2D eigenvalue weighted by atomic mass is 9.97. The maximum absolute atomic E-state index is 13.3. The highest BCUT2D eigenvalue weighted by molar-refractivity contribution is 9.10. The van der Waals surface area contributed by atoms with Crippen LogP contribution in [0, 0.1) is 11.6 Å². The van der Waals surface area contributed by atoms with E-state index in [9.17, 15) is 18.7 Å². The Morgan fingerprint density at radius 3 is 2.57 bits per heavy atom. The molecule has 0 aromatic heterocycles. The molecular formula is C9H7BrF2O2. The van der Waals surface area contributed by atoms with Gasteiger partial charge in [0, 0.05) is 0 Å². The molecule has 0 spiro atoms. The van der Waals surface area contributed by atoms with Gasteiger partial charge in [-0.25, -0.2) is 8.78 Å². The van der Waals surface area contributed by atoms with Crippen LogP contribution < -0.4 is 0 Å². The average Bonchev–Trinajstić information content (AvgIpc) is 2.12. The smallest absolute Gasteiger partial charge is 0.156 e. The topological polar surface area (TPSA) is 37.3 Å². The van der Waals surface area contributed by atoms with Crippen LogP contribution in [0.5, 0.6) is 0 Å². The molecule has 0 aliphatic carbocycles. The first-order valence-corrected chi connectivity index (χ1v) is 4.52. The third-order valence-corrected chi connectivity index (χ3v) is 2.39. The fourth-order valence-electron chi connectivity index (χ4n) is 1.05. The second-order valence-corrected chi connectivity index (χ2v) is 3.84. The average molecular weight is 265 g/mol. The zero-order valence-electron chi connectivity index (χ0n) is 7.22. The zero-order chi connectivity index (χ0) is 10.9. The van der Waals surface area contributed by atoms with Crippen molar-refractivity contribution in [3.8, 4) is 0 Å². The quantitative estimate of drug-likeness (QED) is 0.657. The van der Waals surface area contributed by atoms with Gasteiger partial charge in [0.1, 0.15) is 17.2 Å². The first-order chi connectivity index (χ1) is 6.40. The molecule has 0 saturated carbocycles. The Bertz CT molecular complexity index is 377. The molecule has 1 atom stereocenters. The molecule has 1 unspecified atom stereocenters. The summed E-state index contributed by atoms with van der Waals surface area (Å²) in [5, 5.41) is 9.41. The highest BCUT2D eigenvalue weighted by Gasteiger charge is 2.30. The lowest BCUT2D eigenvalue weighted by Gasteiger charge is -2.18. The lowest BCUT2D eigenvalue weighted by Crippen LogP contribution is -2.26. The van der Waals surface area contributed by atoms with Crippen molar-refractivity contribution in [2.24, 2.45) is 0 Å². The number of halogens is 3. The third-order valence-electron chi connectivity index (χ3n) is 1.78. The largest absolute Gasteiger partial charge is 0.378 e. The van der Waals surface area contributed by atoms with Crippen LogP contribution in [0.4, 0.5) is 8.78 Å². The molecule has 76 valence electrons. The number of hydrogen-bond donors (Lipinski definition) is 1. The zero-order valence-corrected chi connectivity index (χ0v) is 8.81. The summed E-state index contributed by atoms with van der Waals surface area (Å²) >= 11 is 2.83. The Kier molecular flexibility index (Phi) is 3.01. The lowest BCUT2D eigenvalue weighted by molar-refractivity contribution is -0.123. The molecule has 14 heavy (non-hydrogen) atoms. The molecule has 2 nitrogen and oxygen atoms in total. The second-order valence-electron chi connectivity index (χ2n) is 2.98. The molecule has 0 heterocycles. The molecule has 0 amide bonds. The van der Waals surface area contributed by atoms with E-state index in [-0.39, 0.29) is 10.8 Å². The van der Waals surface area contributed by atoms with E-state index in [0.29, 0.717) is 0 Å². The number of carbonyl (C=O) groups is 1. The first kappa shape index (κ1) is 11.3. The van der Waals surface area contributed by atoms with Crippen LogP contribution in [-0.4, -0.2) is 11.4 Å². The van der Waals surface area contributed by atoms with Crippen LogP contribution in [0.1, 0.15) is 12.5 Å². The summed E-state index contributed by atoms with van der Waals surface area (Å²) in [6.07, 6.45) is 0.0843. The van der Waals surface area contributed by atoms with Gasteiger partial charge in [0.25, 0.3) is 0 Å². The van der Waals surface area contributed by atoms with Gasteiger partial charge in [-0.2, -0.15) is 0 Å². The minimum atomic E-state index is -2.15. The highest BCUT2D eigenvalue weighted by Crippen LogP contribution is 2.29. The van der Waals surface area contributed by atoms with Gasteiger partial charge in [0.05, 0.1) is 10.0 Å². The van der Waals surface area contributed by atoms with E-state index in [1.807, 2.05) is 0 Å². The van der Waals surface area contributed by atoms with E-state index in [1.165, 1.54) is 0 Å². The molecule has 0 fully saturated rings. The monoisotopic (exact) mass is 264 g/mol. The summed E-state index contributed by atoms with van der Waals surface area (Å²) in [6.45, 7) is 1.02. The van der Waals surface area contributed by atoms with E-state index in [4.69, 9.17) is 0 Å². The molecule has 1 aromatic carbocycles. The van der Waals surface area contributed by atoms with Gasteiger partial charge >= 0.3 is 0 Å². The van der Waals surface area contributed by atoms with Gasteiger partial charge in [-0.1, -0.05) is 0 Å². The van der Waals surface area contributed by atoms with Gasteiger partial charge in [-0.05, 0) is 35.0 Å². The molecule has 1 aromatic rings. The number of aldehydes is 1. The van der Waals surface area contributed by atoms with E-state index < -0.39 is 22.8 Å². The minimum absolute atomic E-state index is 0.00368. The van der Waals surface area contributed by atoms with E-state index in [0.717, 1.165) is 19.1 Å².